The fourth-order valence-corrected chi connectivity index (χ4v) is 5.43. The van der Waals surface area contributed by atoms with Gasteiger partial charge >= 0.3 is 0 Å². The monoisotopic (exact) mass is 557 g/mol. The fraction of sp³-hybridized carbons (Fsp3) is 0.556. The maximum absolute atomic E-state index is 13.8. The van der Waals surface area contributed by atoms with Crippen LogP contribution in [0, 0.1) is 17.5 Å². The molecule has 0 radical (unpaired) electrons. The number of carbonyl (C=O) groups excluding carboxylic acids is 2. The van der Waals surface area contributed by atoms with Gasteiger partial charge in [0.2, 0.25) is 11.8 Å². The normalized spacial score (nSPS) is 17.1. The Kier molecular flexibility index (Phi) is 11.1. The second-order valence-electron chi connectivity index (χ2n) is 11.1. The van der Waals surface area contributed by atoms with Crippen molar-refractivity contribution in [3.05, 3.63) is 57.5 Å². The van der Waals surface area contributed by atoms with E-state index in [0.29, 0.717) is 30.3 Å². The summed E-state index contributed by atoms with van der Waals surface area (Å²) >= 11 is 3.41. The lowest BCUT2D eigenvalue weighted by Gasteiger charge is -2.36. The van der Waals surface area contributed by atoms with Crippen molar-refractivity contribution in [2.45, 2.75) is 76.6 Å². The Balaban J connectivity index is 0.000000449. The van der Waals surface area contributed by atoms with Gasteiger partial charge in [-0.25, -0.2) is 13.2 Å². The number of benzene rings is 1. The highest BCUT2D eigenvalue weighted by Crippen LogP contribution is 2.27. The topological polar surface area (TPSA) is 75.4 Å². The van der Waals surface area contributed by atoms with Crippen LogP contribution < -0.4 is 11.1 Å². The molecule has 2 atom stereocenters. The highest BCUT2D eigenvalue weighted by molar-refractivity contribution is 8.00. The lowest BCUT2D eigenvalue weighted by atomic mass is 9.95. The average Bonchev–Trinajstić information content (AvgIpc) is 3.32. The van der Waals surface area contributed by atoms with Gasteiger partial charge in [0.15, 0.2) is 11.6 Å². The molecule has 2 amide bonds. The third-order valence-corrected chi connectivity index (χ3v) is 8.24. The minimum absolute atomic E-state index is 0.0625. The van der Waals surface area contributed by atoms with Crippen LogP contribution in [0.15, 0.2) is 29.6 Å². The van der Waals surface area contributed by atoms with Crippen LogP contribution in [0.4, 0.5) is 13.2 Å². The van der Waals surface area contributed by atoms with Crippen LogP contribution in [-0.4, -0.2) is 52.4 Å². The molecule has 1 aliphatic heterocycles. The number of nitrogens with zero attached hydrogens (tertiary/aromatic N) is 1. The summed E-state index contributed by atoms with van der Waals surface area (Å²) in [5.41, 5.74) is 6.21. The molecule has 2 heterocycles. The van der Waals surface area contributed by atoms with E-state index in [1.165, 1.54) is 9.78 Å². The van der Waals surface area contributed by atoms with Crippen molar-refractivity contribution < 1.29 is 22.8 Å². The molecular weight excluding hydrogens is 519 g/mol. The molecule has 0 spiro atoms. The molecular formula is C27H38F3N3O2S2. The van der Waals surface area contributed by atoms with E-state index in [-0.39, 0.29) is 35.0 Å². The predicted molar refractivity (Wildman–Crippen MR) is 146 cm³/mol. The fourth-order valence-electron chi connectivity index (χ4n) is 3.63. The maximum Gasteiger partial charge on any atom is 0.243 e. The first kappa shape index (κ1) is 31.2. The first-order chi connectivity index (χ1) is 17.1. The van der Waals surface area contributed by atoms with Crippen LogP contribution in [0.2, 0.25) is 0 Å². The van der Waals surface area contributed by atoms with Gasteiger partial charge in [0.1, 0.15) is 11.9 Å². The molecule has 1 saturated heterocycles. The van der Waals surface area contributed by atoms with Crippen LogP contribution in [0.5, 0.6) is 0 Å². The predicted octanol–water partition coefficient (Wildman–Crippen LogP) is 5.27. The van der Waals surface area contributed by atoms with Gasteiger partial charge in [0, 0.05) is 47.0 Å². The van der Waals surface area contributed by atoms with E-state index in [9.17, 15) is 22.8 Å². The summed E-state index contributed by atoms with van der Waals surface area (Å²) in [5.74, 6) is -3.42. The molecule has 206 valence electrons. The number of thiophene rings is 1. The molecule has 37 heavy (non-hydrogen) atoms. The van der Waals surface area contributed by atoms with E-state index in [4.69, 9.17) is 5.73 Å². The Morgan fingerprint density at radius 2 is 1.81 bits per heavy atom. The molecule has 1 fully saturated rings. The van der Waals surface area contributed by atoms with Gasteiger partial charge in [0.25, 0.3) is 0 Å². The molecule has 1 aromatic heterocycles. The first-order valence-electron chi connectivity index (χ1n) is 12.2. The zero-order valence-electron chi connectivity index (χ0n) is 22.4. The maximum atomic E-state index is 13.8. The molecule has 0 saturated carbocycles. The zero-order valence-corrected chi connectivity index (χ0v) is 24.0. The van der Waals surface area contributed by atoms with Crippen molar-refractivity contribution in [2.75, 3.05) is 18.8 Å². The third-order valence-electron chi connectivity index (χ3n) is 5.59. The van der Waals surface area contributed by atoms with Gasteiger partial charge in [-0.15, -0.1) is 11.3 Å². The van der Waals surface area contributed by atoms with Gasteiger partial charge < -0.3 is 16.0 Å². The van der Waals surface area contributed by atoms with E-state index >= 15 is 0 Å². The molecule has 0 aliphatic carbocycles. The Labute approximate surface area is 226 Å². The van der Waals surface area contributed by atoms with Crippen molar-refractivity contribution in [3.63, 3.8) is 0 Å². The molecule has 5 nitrogen and oxygen atoms in total. The van der Waals surface area contributed by atoms with Crippen LogP contribution in [0.3, 0.4) is 0 Å². The summed E-state index contributed by atoms with van der Waals surface area (Å²) in [6, 6.07) is 4.13. The minimum atomic E-state index is -1.27. The number of thioether (sulfide) groups is 1. The number of nitrogens with one attached hydrogen (secondary N) is 1. The van der Waals surface area contributed by atoms with E-state index in [0.717, 1.165) is 6.07 Å². The standard InChI is InChI=1S/C19H26F3N3O2S.C8H12S/c1-19(2,3)28-10-16-18(27)24-4-5-25(16)17(26)8-12(23)6-11-7-14(21)15(22)9-13(11)20;1-8(2,3)7-5-4-6-9-7/h7,9,12,16H,4-6,8,10,23H2,1-3H3,(H,24,27);4-6H,1-3H3. The highest BCUT2D eigenvalue weighted by Gasteiger charge is 2.34. The van der Waals surface area contributed by atoms with Gasteiger partial charge in [0.05, 0.1) is 0 Å². The summed E-state index contributed by atoms with van der Waals surface area (Å²) in [6.45, 7) is 13.5. The van der Waals surface area contributed by atoms with E-state index < -0.39 is 29.5 Å². The zero-order chi connectivity index (χ0) is 28.0. The van der Waals surface area contributed by atoms with Crippen LogP contribution in [0.1, 0.15) is 58.4 Å². The van der Waals surface area contributed by atoms with Gasteiger partial charge in [-0.1, -0.05) is 47.6 Å². The second kappa shape index (κ2) is 13.2. The van der Waals surface area contributed by atoms with Crippen molar-refractivity contribution in [3.8, 4) is 0 Å². The van der Waals surface area contributed by atoms with Crippen LogP contribution in [-0.2, 0) is 21.4 Å². The van der Waals surface area contributed by atoms with Crippen LogP contribution in [0.25, 0.3) is 0 Å². The number of hydrogen-bond donors (Lipinski definition) is 2. The SMILES string of the molecule is CC(C)(C)SCC1C(=O)NCCN1C(=O)CC(N)Cc1cc(F)c(F)cc1F.CC(C)(C)c1cccs1. The summed E-state index contributed by atoms with van der Waals surface area (Å²) in [4.78, 5) is 27.9. The van der Waals surface area contributed by atoms with Crippen LogP contribution >= 0.6 is 23.1 Å². The molecule has 1 aliphatic rings. The lowest BCUT2D eigenvalue weighted by molar-refractivity contribution is -0.142. The van der Waals surface area contributed by atoms with Crippen molar-refractivity contribution in [1.29, 1.82) is 0 Å². The van der Waals surface area contributed by atoms with E-state index in [1.807, 2.05) is 32.1 Å². The molecule has 2 unspecified atom stereocenters. The molecule has 2 aromatic rings. The first-order valence-corrected chi connectivity index (χ1v) is 14.1. The number of hydrogen-bond acceptors (Lipinski definition) is 5. The number of nitrogens with two attached hydrogens (primary N) is 1. The van der Waals surface area contributed by atoms with Gasteiger partial charge in [-0.3, -0.25) is 9.59 Å². The quantitative estimate of drug-likeness (QED) is 0.475. The Bertz CT molecular complexity index is 1050. The number of piperazine rings is 1. The molecule has 0 bridgehead atoms. The largest absolute Gasteiger partial charge is 0.353 e. The molecule has 3 N–H and O–H groups in total. The molecule has 1 aromatic carbocycles. The summed E-state index contributed by atoms with van der Waals surface area (Å²) in [6.07, 6.45) is -0.237. The number of carbonyl (C=O) groups is 2. The number of halogens is 3. The van der Waals surface area contributed by atoms with Crippen molar-refractivity contribution in [2.24, 2.45) is 5.73 Å². The molecule has 10 heteroatoms. The van der Waals surface area contributed by atoms with Crippen molar-refractivity contribution in [1.82, 2.24) is 10.2 Å². The van der Waals surface area contributed by atoms with E-state index in [1.54, 1.807) is 11.8 Å². The third kappa shape index (κ3) is 9.98. The average molecular weight is 558 g/mol. The Morgan fingerprint density at radius 3 is 2.35 bits per heavy atom. The summed E-state index contributed by atoms with van der Waals surface area (Å²) in [7, 11) is 0. The molecule has 3 rings (SSSR count). The van der Waals surface area contributed by atoms with Gasteiger partial charge in [-0.05, 0) is 34.9 Å². The minimum Gasteiger partial charge on any atom is -0.353 e. The second-order valence-corrected chi connectivity index (χ2v) is 13.9. The summed E-state index contributed by atoms with van der Waals surface area (Å²) in [5, 5.41) is 4.89. The van der Waals surface area contributed by atoms with Crippen molar-refractivity contribution >= 4 is 34.9 Å². The van der Waals surface area contributed by atoms with E-state index in [2.05, 4.69) is 43.6 Å². The van der Waals surface area contributed by atoms with Gasteiger partial charge in [-0.2, -0.15) is 11.8 Å². The smallest absolute Gasteiger partial charge is 0.243 e. The number of rotatable bonds is 6. The Morgan fingerprint density at radius 1 is 1.16 bits per heavy atom. The Hall–Kier alpha value is -2.04. The lowest BCUT2D eigenvalue weighted by Crippen LogP contribution is -2.59. The highest BCUT2D eigenvalue weighted by atomic mass is 32.2. The number of amides is 2. The summed E-state index contributed by atoms with van der Waals surface area (Å²) < 4.78 is 40.1.